The molecule has 1 aliphatic carbocycles. The van der Waals surface area contributed by atoms with Gasteiger partial charge < -0.3 is 0 Å². The predicted molar refractivity (Wildman–Crippen MR) is 62.0 cm³/mol. The van der Waals surface area contributed by atoms with E-state index >= 15 is 0 Å². The average Bonchev–Trinajstić information content (AvgIpc) is 2.84. The topological polar surface area (TPSA) is 92.8 Å². The summed E-state index contributed by atoms with van der Waals surface area (Å²) in [6.45, 7) is 0. The van der Waals surface area contributed by atoms with Gasteiger partial charge in [-0.15, -0.1) is 0 Å². The molecule has 3 rings (SSSR count). The fourth-order valence-corrected chi connectivity index (χ4v) is 2.75. The van der Waals surface area contributed by atoms with Crippen LogP contribution in [0.1, 0.15) is 32.1 Å². The number of carbonyl (C=O) groups excluding carboxylic acids is 2. The monoisotopic (exact) mass is 261 g/mol. The smallest absolute Gasteiger partial charge is 0.217 e. The second kappa shape index (κ2) is 3.67. The first-order chi connectivity index (χ1) is 8.61. The minimum absolute atomic E-state index is 0.00889. The highest BCUT2D eigenvalue weighted by molar-refractivity contribution is 7.84. The van der Waals surface area contributed by atoms with Crippen molar-refractivity contribution in [1.29, 1.82) is 0 Å². The maximum absolute atomic E-state index is 12.2. The summed E-state index contributed by atoms with van der Waals surface area (Å²) in [7, 11) is -1.35. The van der Waals surface area contributed by atoms with Crippen molar-refractivity contribution in [1.82, 2.24) is 15.4 Å². The number of carbonyl (C=O) groups is 2. The first kappa shape index (κ1) is 11.0. The van der Waals surface area contributed by atoms with E-state index in [9.17, 15) is 13.8 Å². The van der Waals surface area contributed by atoms with Crippen molar-refractivity contribution in [3.05, 3.63) is 40.7 Å². The second-order valence-corrected chi connectivity index (χ2v) is 5.16. The van der Waals surface area contributed by atoms with Gasteiger partial charge in [0.2, 0.25) is 11.6 Å². The van der Waals surface area contributed by atoms with E-state index in [4.69, 9.17) is 0 Å². The summed E-state index contributed by atoms with van der Waals surface area (Å²) in [6.07, 6.45) is 1.46. The van der Waals surface area contributed by atoms with E-state index in [1.807, 2.05) is 0 Å². The number of fused-ring (bicyclic) bond motifs is 2. The third kappa shape index (κ3) is 1.31. The van der Waals surface area contributed by atoms with E-state index in [-0.39, 0.29) is 28.3 Å². The average molecular weight is 261 g/mol. The van der Waals surface area contributed by atoms with Crippen molar-refractivity contribution >= 4 is 22.4 Å². The van der Waals surface area contributed by atoms with Gasteiger partial charge in [-0.25, -0.2) is 0 Å². The number of hydrogen-bond donors (Lipinski definition) is 1. The number of aromatic nitrogens is 3. The molecule has 1 atom stereocenters. The molecule has 90 valence electrons. The van der Waals surface area contributed by atoms with E-state index in [1.54, 1.807) is 12.1 Å². The molecule has 1 aromatic carbocycles. The van der Waals surface area contributed by atoms with E-state index in [0.29, 0.717) is 4.90 Å². The summed E-state index contributed by atoms with van der Waals surface area (Å²) in [5.41, 5.74) is 0.413. The Hall–Kier alpha value is -2.15. The molecule has 0 amide bonds. The Morgan fingerprint density at radius 2 is 1.78 bits per heavy atom. The van der Waals surface area contributed by atoms with Crippen LogP contribution in [0.4, 0.5) is 0 Å². The van der Waals surface area contributed by atoms with Gasteiger partial charge in [-0.05, 0) is 6.07 Å². The standard InChI is InChI=1S/C11H7N3O3S/c1-18(17)6-4-2-3-5-7(6)11(16)9-8(10(5)15)12-14-13-9/h2-4H,1H3,(H,12,13,14). The highest BCUT2D eigenvalue weighted by atomic mass is 32.2. The molecule has 0 fully saturated rings. The number of rotatable bonds is 1. The van der Waals surface area contributed by atoms with Crippen molar-refractivity contribution < 1.29 is 13.8 Å². The van der Waals surface area contributed by atoms with Crippen molar-refractivity contribution in [3.8, 4) is 0 Å². The fraction of sp³-hybridized carbons (Fsp3) is 0.0909. The van der Waals surface area contributed by atoms with Crippen LogP contribution in [0.15, 0.2) is 23.1 Å². The molecule has 7 heteroatoms. The van der Waals surface area contributed by atoms with Gasteiger partial charge in [0.25, 0.3) is 0 Å². The molecule has 18 heavy (non-hydrogen) atoms. The highest BCUT2D eigenvalue weighted by Crippen LogP contribution is 2.28. The number of H-pyrrole nitrogens is 1. The number of nitrogens with zero attached hydrogens (tertiary/aromatic N) is 2. The van der Waals surface area contributed by atoms with Crippen molar-refractivity contribution in [3.63, 3.8) is 0 Å². The van der Waals surface area contributed by atoms with Gasteiger partial charge in [0.1, 0.15) is 0 Å². The molecule has 0 radical (unpaired) electrons. The summed E-state index contributed by atoms with van der Waals surface area (Å²) in [4.78, 5) is 24.7. The quantitative estimate of drug-likeness (QED) is 0.680. The molecular weight excluding hydrogens is 254 g/mol. The molecule has 6 nitrogen and oxygen atoms in total. The molecule has 1 heterocycles. The Balaban J connectivity index is 2.37. The van der Waals surface area contributed by atoms with E-state index in [2.05, 4.69) is 15.4 Å². The van der Waals surface area contributed by atoms with Gasteiger partial charge in [0.15, 0.2) is 11.4 Å². The van der Waals surface area contributed by atoms with Gasteiger partial charge in [-0.2, -0.15) is 15.4 Å². The van der Waals surface area contributed by atoms with Crippen LogP contribution in [-0.4, -0.2) is 37.4 Å². The highest BCUT2D eigenvalue weighted by Gasteiger charge is 2.35. The van der Waals surface area contributed by atoms with Crippen molar-refractivity contribution in [2.45, 2.75) is 4.90 Å². The zero-order chi connectivity index (χ0) is 12.9. The molecule has 2 aromatic rings. The van der Waals surface area contributed by atoms with Gasteiger partial charge in [-0.3, -0.25) is 13.8 Å². The number of benzene rings is 1. The van der Waals surface area contributed by atoms with E-state index in [0.717, 1.165) is 0 Å². The van der Waals surface area contributed by atoms with Crippen LogP contribution in [0.25, 0.3) is 0 Å². The van der Waals surface area contributed by atoms with Crippen LogP contribution in [-0.2, 0) is 10.8 Å². The lowest BCUT2D eigenvalue weighted by Gasteiger charge is -2.14. The molecule has 1 N–H and O–H groups in total. The molecule has 0 saturated carbocycles. The van der Waals surface area contributed by atoms with Crippen LogP contribution in [0.2, 0.25) is 0 Å². The van der Waals surface area contributed by atoms with Crippen molar-refractivity contribution in [2.24, 2.45) is 0 Å². The molecular formula is C11H7N3O3S. The minimum atomic E-state index is -1.35. The van der Waals surface area contributed by atoms with Crippen LogP contribution in [0.5, 0.6) is 0 Å². The third-order valence-corrected chi connectivity index (χ3v) is 3.75. The normalized spacial score (nSPS) is 15.2. The number of ketones is 2. The lowest BCUT2D eigenvalue weighted by Crippen LogP contribution is -2.22. The lowest BCUT2D eigenvalue weighted by atomic mass is 9.90. The summed E-state index contributed by atoms with van der Waals surface area (Å²) in [6, 6.07) is 4.71. The Morgan fingerprint density at radius 3 is 2.44 bits per heavy atom. The third-order valence-electron chi connectivity index (χ3n) is 2.79. The largest absolute Gasteiger partial charge is 0.287 e. The molecule has 1 aromatic heterocycles. The molecule has 1 unspecified atom stereocenters. The summed E-state index contributed by atoms with van der Waals surface area (Å²) >= 11 is 0. The number of nitrogens with one attached hydrogen (secondary N) is 1. The lowest BCUT2D eigenvalue weighted by molar-refractivity contribution is 0.0972. The van der Waals surface area contributed by atoms with Gasteiger partial charge >= 0.3 is 0 Å². The number of aromatic amines is 1. The summed E-state index contributed by atoms with van der Waals surface area (Å²) < 4.78 is 11.6. The molecule has 0 saturated heterocycles. The zero-order valence-corrected chi connectivity index (χ0v) is 10.1. The molecule has 0 aliphatic heterocycles. The van der Waals surface area contributed by atoms with E-state index in [1.165, 1.54) is 12.3 Å². The van der Waals surface area contributed by atoms with Gasteiger partial charge in [0, 0.05) is 11.8 Å². The van der Waals surface area contributed by atoms with Gasteiger partial charge in [-0.1, -0.05) is 12.1 Å². The molecule has 0 spiro atoms. The molecule has 0 bridgehead atoms. The Morgan fingerprint density at radius 1 is 1.11 bits per heavy atom. The van der Waals surface area contributed by atoms with Crippen LogP contribution >= 0.6 is 0 Å². The molecule has 1 aliphatic rings. The van der Waals surface area contributed by atoms with Crippen LogP contribution in [0, 0.1) is 0 Å². The Bertz CT molecular complexity index is 720. The zero-order valence-electron chi connectivity index (χ0n) is 9.26. The predicted octanol–water partition coefficient (Wildman–Crippen LogP) is 0.318. The Kier molecular flexibility index (Phi) is 2.24. The summed E-state index contributed by atoms with van der Waals surface area (Å²) in [5.74, 6) is -0.792. The SMILES string of the molecule is CS(=O)c1cccc2c1C(=O)c1n[nH]nc1C2=O. The van der Waals surface area contributed by atoms with E-state index < -0.39 is 16.6 Å². The first-order valence-corrected chi connectivity index (χ1v) is 6.63. The number of hydrogen-bond acceptors (Lipinski definition) is 5. The summed E-state index contributed by atoms with van der Waals surface area (Å²) in [5, 5.41) is 9.63. The van der Waals surface area contributed by atoms with Gasteiger partial charge in [0.05, 0.1) is 21.3 Å². The first-order valence-electron chi connectivity index (χ1n) is 5.08. The minimum Gasteiger partial charge on any atom is -0.287 e. The Labute approximate surface area is 104 Å². The maximum Gasteiger partial charge on any atom is 0.217 e. The van der Waals surface area contributed by atoms with Crippen LogP contribution < -0.4 is 0 Å². The second-order valence-electron chi connectivity index (χ2n) is 3.81. The van der Waals surface area contributed by atoms with Crippen LogP contribution in [0.3, 0.4) is 0 Å². The van der Waals surface area contributed by atoms with Crippen molar-refractivity contribution in [2.75, 3.05) is 6.26 Å². The maximum atomic E-state index is 12.2. The fourth-order valence-electron chi connectivity index (χ4n) is 1.99.